The number of nitrogens with zero attached hydrogens (tertiary/aromatic N) is 1. The topological polar surface area (TPSA) is 88.2 Å². The summed E-state index contributed by atoms with van der Waals surface area (Å²) < 4.78 is 83.1. The highest BCUT2D eigenvalue weighted by atomic mass is 32.2. The second-order valence-electron chi connectivity index (χ2n) is 7.68. The Labute approximate surface area is 194 Å². The van der Waals surface area contributed by atoms with Crippen LogP contribution in [0.25, 0.3) is 0 Å². The summed E-state index contributed by atoms with van der Waals surface area (Å²) in [5.41, 5.74) is -3.72. The standard InChI is InChI=1S/C23H21F4N3O3S/c1-15(16-10-11-20(19(24)13-16)30-34(2,32)33)21(31)29-22(23(25,26)27,17-7-4-3-5-8-17)18-9-6-12-28-14-18/h3-15,30H,1-2H3,(H,29,31). The first-order chi connectivity index (χ1) is 15.8. The molecule has 2 unspecified atom stereocenters. The minimum absolute atomic E-state index is 0.0596. The number of nitrogens with one attached hydrogen (secondary N) is 2. The minimum Gasteiger partial charge on any atom is -0.334 e. The highest BCUT2D eigenvalue weighted by molar-refractivity contribution is 7.92. The van der Waals surface area contributed by atoms with E-state index in [1.54, 1.807) is 6.07 Å². The summed E-state index contributed by atoms with van der Waals surface area (Å²) in [6, 6.07) is 12.7. The SMILES string of the molecule is CC(C(=O)NC(c1ccccc1)(c1cccnc1)C(F)(F)F)c1ccc(NS(C)(=O)=O)c(F)c1. The first-order valence-corrected chi connectivity index (χ1v) is 11.9. The molecule has 11 heteroatoms. The van der Waals surface area contributed by atoms with Crippen molar-refractivity contribution in [3.05, 3.63) is 95.6 Å². The Morgan fingerprint density at radius 3 is 2.18 bits per heavy atom. The average Bonchev–Trinajstić information content (AvgIpc) is 2.77. The summed E-state index contributed by atoms with van der Waals surface area (Å²) in [6.45, 7) is 1.32. The molecule has 0 fully saturated rings. The van der Waals surface area contributed by atoms with Crippen molar-refractivity contribution >= 4 is 21.6 Å². The van der Waals surface area contributed by atoms with E-state index in [4.69, 9.17) is 0 Å². The highest BCUT2D eigenvalue weighted by Gasteiger charge is 2.58. The predicted molar refractivity (Wildman–Crippen MR) is 119 cm³/mol. The van der Waals surface area contributed by atoms with E-state index in [1.165, 1.54) is 55.6 Å². The highest BCUT2D eigenvalue weighted by Crippen LogP contribution is 2.44. The number of carbonyl (C=O) groups is 1. The van der Waals surface area contributed by atoms with Crippen LogP contribution in [0.2, 0.25) is 0 Å². The molecule has 0 radical (unpaired) electrons. The Balaban J connectivity index is 2.04. The average molecular weight is 495 g/mol. The van der Waals surface area contributed by atoms with Gasteiger partial charge in [0.05, 0.1) is 17.9 Å². The molecule has 2 N–H and O–H groups in total. The van der Waals surface area contributed by atoms with Gasteiger partial charge in [-0.2, -0.15) is 13.2 Å². The van der Waals surface area contributed by atoms with Crippen molar-refractivity contribution in [2.45, 2.75) is 24.6 Å². The lowest BCUT2D eigenvalue weighted by Gasteiger charge is -2.38. The maximum atomic E-state index is 14.7. The van der Waals surface area contributed by atoms with Crippen molar-refractivity contribution < 1.29 is 30.8 Å². The normalized spacial score (nSPS) is 14.6. The number of amides is 1. The van der Waals surface area contributed by atoms with E-state index < -0.39 is 39.4 Å². The number of anilines is 1. The lowest BCUT2D eigenvalue weighted by Crippen LogP contribution is -2.57. The molecule has 0 spiro atoms. The van der Waals surface area contributed by atoms with Crippen LogP contribution >= 0.6 is 0 Å². The van der Waals surface area contributed by atoms with Gasteiger partial charge in [-0.3, -0.25) is 14.5 Å². The van der Waals surface area contributed by atoms with Crippen molar-refractivity contribution in [3.63, 3.8) is 0 Å². The van der Waals surface area contributed by atoms with Gasteiger partial charge in [0.25, 0.3) is 0 Å². The quantitative estimate of drug-likeness (QED) is 0.478. The largest absolute Gasteiger partial charge is 0.420 e. The molecule has 3 rings (SSSR count). The van der Waals surface area contributed by atoms with Gasteiger partial charge in [-0.25, -0.2) is 12.8 Å². The number of hydrogen-bond acceptors (Lipinski definition) is 4. The fourth-order valence-corrected chi connectivity index (χ4v) is 4.07. The summed E-state index contributed by atoms with van der Waals surface area (Å²) in [7, 11) is -3.75. The fraction of sp³-hybridized carbons (Fsp3) is 0.217. The summed E-state index contributed by atoms with van der Waals surface area (Å²) in [5, 5.41) is 2.14. The van der Waals surface area contributed by atoms with E-state index in [0.29, 0.717) is 0 Å². The number of alkyl halides is 3. The van der Waals surface area contributed by atoms with Crippen molar-refractivity contribution in [2.24, 2.45) is 0 Å². The van der Waals surface area contributed by atoms with Gasteiger partial charge in [0.15, 0.2) is 5.54 Å². The van der Waals surface area contributed by atoms with Crippen LogP contribution in [-0.2, 0) is 20.4 Å². The van der Waals surface area contributed by atoms with Gasteiger partial charge in [0.1, 0.15) is 5.82 Å². The Bertz CT molecular complexity index is 1230. The van der Waals surface area contributed by atoms with E-state index in [2.05, 4.69) is 10.3 Å². The smallest absolute Gasteiger partial charge is 0.334 e. The minimum atomic E-state index is -4.96. The summed E-state index contributed by atoms with van der Waals surface area (Å²) >= 11 is 0. The summed E-state index contributed by atoms with van der Waals surface area (Å²) in [6.07, 6.45) is -1.78. The molecule has 0 aliphatic heterocycles. The van der Waals surface area contributed by atoms with Crippen molar-refractivity contribution in [1.29, 1.82) is 0 Å². The van der Waals surface area contributed by atoms with Crippen LogP contribution in [-0.4, -0.2) is 31.7 Å². The third kappa shape index (κ3) is 5.19. The number of hydrogen-bond donors (Lipinski definition) is 2. The molecule has 1 amide bonds. The maximum absolute atomic E-state index is 14.7. The molecular weight excluding hydrogens is 474 g/mol. The monoisotopic (exact) mass is 495 g/mol. The van der Waals surface area contributed by atoms with Crippen molar-refractivity contribution in [3.8, 4) is 0 Å². The first kappa shape index (κ1) is 25.2. The molecule has 2 atom stereocenters. The fourth-order valence-electron chi connectivity index (χ4n) is 3.51. The van der Waals surface area contributed by atoms with Gasteiger partial charge in [-0.1, -0.05) is 42.5 Å². The molecule has 6 nitrogen and oxygen atoms in total. The van der Waals surface area contributed by atoms with Crippen molar-refractivity contribution in [1.82, 2.24) is 10.3 Å². The Morgan fingerprint density at radius 2 is 1.65 bits per heavy atom. The number of pyridine rings is 1. The van der Waals surface area contributed by atoms with Crippen LogP contribution in [0.3, 0.4) is 0 Å². The number of aromatic nitrogens is 1. The van der Waals surface area contributed by atoms with Gasteiger partial charge < -0.3 is 5.32 Å². The van der Waals surface area contributed by atoms with Gasteiger partial charge in [-0.05, 0) is 36.2 Å². The van der Waals surface area contributed by atoms with Gasteiger partial charge >= 0.3 is 6.18 Å². The zero-order chi connectivity index (χ0) is 25.1. The van der Waals surface area contributed by atoms with Crippen LogP contribution in [0.5, 0.6) is 0 Å². The van der Waals surface area contributed by atoms with Crippen molar-refractivity contribution in [2.75, 3.05) is 11.0 Å². The molecule has 3 aromatic rings. The van der Waals surface area contributed by atoms with Crippen LogP contribution in [0.1, 0.15) is 29.5 Å². The molecule has 0 bridgehead atoms. The molecule has 0 saturated heterocycles. The Kier molecular flexibility index (Phi) is 6.97. The Morgan fingerprint density at radius 1 is 1.00 bits per heavy atom. The van der Waals surface area contributed by atoms with Gasteiger partial charge in [0, 0.05) is 18.0 Å². The number of halogens is 4. The van der Waals surface area contributed by atoms with E-state index in [0.717, 1.165) is 24.6 Å². The van der Waals surface area contributed by atoms with Gasteiger partial charge in [-0.15, -0.1) is 0 Å². The molecule has 0 saturated carbocycles. The van der Waals surface area contributed by atoms with Crippen LogP contribution in [0.4, 0.5) is 23.2 Å². The molecule has 1 heterocycles. The van der Waals surface area contributed by atoms with Crippen LogP contribution < -0.4 is 10.0 Å². The lowest BCUT2D eigenvalue weighted by atomic mass is 9.82. The lowest BCUT2D eigenvalue weighted by molar-refractivity contribution is -0.190. The van der Waals surface area contributed by atoms with Crippen LogP contribution in [0.15, 0.2) is 73.1 Å². The molecule has 2 aromatic carbocycles. The van der Waals surface area contributed by atoms with E-state index >= 15 is 0 Å². The number of carbonyl (C=O) groups excluding carboxylic acids is 1. The molecular formula is C23H21F4N3O3S. The van der Waals surface area contributed by atoms with Gasteiger partial charge in [0.2, 0.25) is 15.9 Å². The number of sulfonamides is 1. The second kappa shape index (κ2) is 9.41. The molecule has 0 aliphatic carbocycles. The maximum Gasteiger partial charge on any atom is 0.420 e. The molecule has 34 heavy (non-hydrogen) atoms. The first-order valence-electron chi connectivity index (χ1n) is 9.97. The second-order valence-corrected chi connectivity index (χ2v) is 9.43. The summed E-state index contributed by atoms with van der Waals surface area (Å²) in [5.74, 6) is -3.20. The van der Waals surface area contributed by atoms with E-state index in [-0.39, 0.29) is 22.4 Å². The van der Waals surface area contributed by atoms with E-state index in [9.17, 15) is 30.8 Å². The molecule has 1 aromatic heterocycles. The zero-order valence-corrected chi connectivity index (χ0v) is 18.9. The van der Waals surface area contributed by atoms with E-state index in [1.807, 2.05) is 4.72 Å². The molecule has 180 valence electrons. The Hall–Kier alpha value is -3.47. The third-order valence-corrected chi connectivity index (χ3v) is 5.81. The molecule has 0 aliphatic rings. The number of rotatable bonds is 7. The van der Waals surface area contributed by atoms with Crippen LogP contribution in [0, 0.1) is 5.82 Å². The predicted octanol–water partition coefficient (Wildman–Crippen LogP) is 4.32. The number of benzene rings is 2. The zero-order valence-electron chi connectivity index (χ0n) is 18.1. The summed E-state index contributed by atoms with van der Waals surface area (Å²) in [4.78, 5) is 16.9. The third-order valence-electron chi connectivity index (χ3n) is 5.22.